The molecule has 1 aromatic rings. The van der Waals surface area contributed by atoms with Gasteiger partial charge in [0.1, 0.15) is 12.2 Å². The highest BCUT2D eigenvalue weighted by Crippen LogP contribution is 2.03. The zero-order valence-corrected chi connectivity index (χ0v) is 12.4. The van der Waals surface area contributed by atoms with Crippen molar-refractivity contribution in [2.75, 3.05) is 32.6 Å². The number of aromatic nitrogens is 1. The number of anilines is 1. The average molecular weight is 296 g/mol. The van der Waals surface area contributed by atoms with Gasteiger partial charge in [-0.2, -0.15) is 0 Å². The highest BCUT2D eigenvalue weighted by atomic mass is 16.5. The summed E-state index contributed by atoms with van der Waals surface area (Å²) in [6, 6.07) is 2.67. The molecule has 3 N–H and O–H groups in total. The third-order valence-corrected chi connectivity index (χ3v) is 2.80. The van der Waals surface area contributed by atoms with Gasteiger partial charge >= 0.3 is 6.03 Å². The lowest BCUT2D eigenvalue weighted by atomic mass is 10.3. The molecule has 8 nitrogen and oxygen atoms in total. The molecule has 1 heterocycles. The second-order valence-electron chi connectivity index (χ2n) is 4.33. The second kappa shape index (κ2) is 8.05. The number of pyridine rings is 1. The van der Waals surface area contributed by atoms with Crippen LogP contribution in [0, 0.1) is 6.92 Å². The number of hydrogen-bond acceptors (Lipinski definition) is 4. The maximum Gasteiger partial charge on any atom is 0.319 e. The van der Waals surface area contributed by atoms with Crippen molar-refractivity contribution in [3.05, 3.63) is 28.2 Å². The van der Waals surface area contributed by atoms with Crippen LogP contribution in [-0.2, 0) is 16.1 Å². The summed E-state index contributed by atoms with van der Waals surface area (Å²) in [7, 11) is 2.99. The summed E-state index contributed by atoms with van der Waals surface area (Å²) in [5.74, 6) is -0.297. The van der Waals surface area contributed by atoms with Crippen LogP contribution in [0.1, 0.15) is 5.69 Å². The van der Waals surface area contributed by atoms with E-state index in [0.717, 1.165) is 0 Å². The molecule has 0 spiro atoms. The molecule has 0 atom stereocenters. The van der Waals surface area contributed by atoms with E-state index in [-0.39, 0.29) is 18.1 Å². The lowest BCUT2D eigenvalue weighted by molar-refractivity contribution is -0.121. The Morgan fingerprint density at radius 2 is 2.05 bits per heavy atom. The number of urea groups is 1. The molecule has 3 amide bonds. The summed E-state index contributed by atoms with van der Waals surface area (Å²) in [4.78, 5) is 35.2. The highest BCUT2D eigenvalue weighted by molar-refractivity contribution is 5.88. The average Bonchev–Trinajstić information content (AvgIpc) is 2.46. The third kappa shape index (κ3) is 4.92. The molecule has 0 aliphatic carbocycles. The number of ether oxygens (including phenoxy) is 1. The summed E-state index contributed by atoms with van der Waals surface area (Å²) in [5.41, 5.74) is 0.314. The predicted octanol–water partition coefficient (Wildman–Crippen LogP) is -0.329. The number of nitrogens with one attached hydrogen (secondary N) is 3. The number of amides is 3. The molecule has 1 aromatic heterocycles. The number of hydrogen-bond donors (Lipinski definition) is 3. The topological polar surface area (TPSA) is 101 Å². The minimum atomic E-state index is -0.493. The molecule has 8 heteroatoms. The van der Waals surface area contributed by atoms with Gasteiger partial charge < -0.3 is 25.3 Å². The van der Waals surface area contributed by atoms with Crippen LogP contribution in [0.2, 0.25) is 0 Å². The molecule has 0 aliphatic heterocycles. The Balaban J connectivity index is 2.86. The fourth-order valence-electron chi connectivity index (χ4n) is 1.64. The number of carbonyl (C=O) groups excluding carboxylic acids is 2. The van der Waals surface area contributed by atoms with Crippen molar-refractivity contribution in [1.82, 2.24) is 15.2 Å². The van der Waals surface area contributed by atoms with E-state index >= 15 is 0 Å². The number of carbonyl (C=O) groups is 2. The van der Waals surface area contributed by atoms with Crippen LogP contribution in [-0.4, -0.2) is 43.8 Å². The zero-order valence-electron chi connectivity index (χ0n) is 12.4. The fourth-order valence-corrected chi connectivity index (χ4v) is 1.64. The highest BCUT2D eigenvalue weighted by Gasteiger charge is 2.11. The van der Waals surface area contributed by atoms with Crippen molar-refractivity contribution in [3.63, 3.8) is 0 Å². The zero-order chi connectivity index (χ0) is 15.8. The van der Waals surface area contributed by atoms with E-state index in [1.54, 1.807) is 13.0 Å². The molecule has 0 unspecified atom stereocenters. The predicted molar refractivity (Wildman–Crippen MR) is 78.4 cm³/mol. The normalized spacial score (nSPS) is 10.0. The van der Waals surface area contributed by atoms with E-state index < -0.39 is 11.6 Å². The van der Waals surface area contributed by atoms with Crippen molar-refractivity contribution < 1.29 is 14.3 Å². The van der Waals surface area contributed by atoms with Gasteiger partial charge in [-0.05, 0) is 19.1 Å². The Kier molecular flexibility index (Phi) is 6.41. The Hall–Kier alpha value is -2.35. The third-order valence-electron chi connectivity index (χ3n) is 2.80. The van der Waals surface area contributed by atoms with Gasteiger partial charge in [0.25, 0.3) is 5.56 Å². The van der Waals surface area contributed by atoms with Crippen molar-refractivity contribution in [1.29, 1.82) is 0 Å². The van der Waals surface area contributed by atoms with Gasteiger partial charge in [0.15, 0.2) is 0 Å². The first-order chi connectivity index (χ1) is 9.99. The van der Waals surface area contributed by atoms with Crippen molar-refractivity contribution in [3.8, 4) is 0 Å². The quantitative estimate of drug-likeness (QED) is 0.626. The van der Waals surface area contributed by atoms with E-state index in [0.29, 0.717) is 18.8 Å². The fraction of sp³-hybridized carbons (Fsp3) is 0.462. The van der Waals surface area contributed by atoms with E-state index in [9.17, 15) is 14.4 Å². The maximum absolute atomic E-state index is 12.2. The van der Waals surface area contributed by atoms with Crippen LogP contribution in [0.5, 0.6) is 0 Å². The lowest BCUT2D eigenvalue weighted by Crippen LogP contribution is -2.36. The molecular formula is C13H20N4O4. The Morgan fingerprint density at radius 3 is 2.67 bits per heavy atom. The molecule has 21 heavy (non-hydrogen) atoms. The van der Waals surface area contributed by atoms with Gasteiger partial charge in [-0.1, -0.05) is 0 Å². The van der Waals surface area contributed by atoms with Crippen LogP contribution in [0.3, 0.4) is 0 Å². The van der Waals surface area contributed by atoms with Crippen molar-refractivity contribution in [2.24, 2.45) is 0 Å². The van der Waals surface area contributed by atoms with Gasteiger partial charge in [0.2, 0.25) is 5.91 Å². The van der Waals surface area contributed by atoms with E-state index in [1.165, 1.54) is 24.8 Å². The first kappa shape index (κ1) is 16.7. The largest absolute Gasteiger partial charge is 0.383 e. The number of nitrogens with zero attached hydrogens (tertiary/aromatic N) is 1. The molecule has 0 bridgehead atoms. The van der Waals surface area contributed by atoms with Crippen LogP contribution in [0.25, 0.3) is 0 Å². The van der Waals surface area contributed by atoms with E-state index in [2.05, 4.69) is 16.0 Å². The van der Waals surface area contributed by atoms with E-state index in [1.807, 2.05) is 0 Å². The van der Waals surface area contributed by atoms with Crippen molar-refractivity contribution in [2.45, 2.75) is 13.5 Å². The summed E-state index contributed by atoms with van der Waals surface area (Å²) in [5, 5.41) is 7.41. The SMILES string of the molecule is CNC(=O)Nc1ccc(C)n(CC(=O)NCCOC)c1=O. The molecule has 1 rings (SSSR count). The summed E-state index contributed by atoms with van der Waals surface area (Å²) in [6.07, 6.45) is 0. The van der Waals surface area contributed by atoms with Crippen LogP contribution < -0.4 is 21.5 Å². The van der Waals surface area contributed by atoms with Crippen molar-refractivity contribution >= 4 is 17.6 Å². The molecule has 0 fully saturated rings. The minimum absolute atomic E-state index is 0.113. The first-order valence-corrected chi connectivity index (χ1v) is 6.44. The smallest absolute Gasteiger partial charge is 0.319 e. The minimum Gasteiger partial charge on any atom is -0.383 e. The molecule has 0 aromatic carbocycles. The van der Waals surface area contributed by atoms with Crippen LogP contribution in [0.15, 0.2) is 16.9 Å². The van der Waals surface area contributed by atoms with Gasteiger partial charge in [-0.15, -0.1) is 0 Å². The second-order valence-corrected chi connectivity index (χ2v) is 4.33. The number of rotatable bonds is 6. The Morgan fingerprint density at radius 1 is 1.33 bits per heavy atom. The summed E-state index contributed by atoms with van der Waals surface area (Å²) >= 11 is 0. The monoisotopic (exact) mass is 296 g/mol. The standard InChI is InChI=1S/C13H20N4O4/c1-9-4-5-10(16-13(20)14-2)12(19)17(9)8-11(18)15-6-7-21-3/h4-5H,6-8H2,1-3H3,(H,15,18)(H2,14,16,20). The van der Waals surface area contributed by atoms with Gasteiger partial charge in [-0.25, -0.2) is 4.79 Å². The molecule has 0 saturated heterocycles. The Bertz CT molecular complexity index is 568. The molecular weight excluding hydrogens is 276 g/mol. The van der Waals surface area contributed by atoms with Crippen LogP contribution >= 0.6 is 0 Å². The molecule has 0 radical (unpaired) electrons. The first-order valence-electron chi connectivity index (χ1n) is 6.44. The van der Waals surface area contributed by atoms with Gasteiger partial charge in [0.05, 0.1) is 6.61 Å². The molecule has 116 valence electrons. The lowest BCUT2D eigenvalue weighted by Gasteiger charge is -2.12. The molecule has 0 aliphatic rings. The summed E-state index contributed by atoms with van der Waals surface area (Å²) in [6.45, 7) is 2.38. The number of aryl methyl sites for hydroxylation is 1. The number of methoxy groups -OCH3 is 1. The Labute approximate surface area is 122 Å². The van der Waals surface area contributed by atoms with Gasteiger partial charge in [-0.3, -0.25) is 9.59 Å². The summed E-state index contributed by atoms with van der Waals surface area (Å²) < 4.78 is 6.13. The molecule has 0 saturated carbocycles. The van der Waals surface area contributed by atoms with Crippen LogP contribution in [0.4, 0.5) is 10.5 Å². The maximum atomic E-state index is 12.2. The van der Waals surface area contributed by atoms with E-state index in [4.69, 9.17) is 4.74 Å². The van der Waals surface area contributed by atoms with Gasteiger partial charge in [0, 0.05) is 26.4 Å².